The first-order valence-electron chi connectivity index (χ1n) is 9.30. The van der Waals surface area contributed by atoms with Gasteiger partial charge in [-0.25, -0.2) is 0 Å². The summed E-state index contributed by atoms with van der Waals surface area (Å²) in [4.78, 5) is 31.4. The topological polar surface area (TPSA) is 55.7 Å². The average molecular weight is 402 g/mol. The van der Waals surface area contributed by atoms with Gasteiger partial charge in [-0.3, -0.25) is 14.6 Å². The number of hydrogen-bond donors (Lipinski definition) is 0. The van der Waals surface area contributed by atoms with Crippen molar-refractivity contribution < 1.29 is 14.3 Å². The second-order valence-electron chi connectivity index (χ2n) is 7.22. The number of halogens is 1. The summed E-state index contributed by atoms with van der Waals surface area (Å²) in [6.45, 7) is 0. The number of Topliss-reactive ketones (excluding diaryl/α,β-unsaturated/α-hetero) is 1. The van der Waals surface area contributed by atoms with Crippen LogP contribution in [0.15, 0.2) is 89.9 Å². The van der Waals surface area contributed by atoms with Gasteiger partial charge in [-0.15, -0.1) is 0 Å². The van der Waals surface area contributed by atoms with Crippen LogP contribution >= 0.6 is 11.6 Å². The van der Waals surface area contributed by atoms with Gasteiger partial charge in [-0.05, 0) is 17.7 Å². The van der Waals surface area contributed by atoms with Crippen molar-refractivity contribution in [2.24, 2.45) is 4.99 Å². The van der Waals surface area contributed by atoms with Crippen LogP contribution in [-0.4, -0.2) is 17.5 Å². The molecule has 0 saturated carbocycles. The molecule has 2 atom stereocenters. The van der Waals surface area contributed by atoms with Gasteiger partial charge in [0.1, 0.15) is 11.3 Å². The maximum atomic E-state index is 13.9. The lowest BCUT2D eigenvalue weighted by Crippen LogP contribution is -2.48. The molecule has 0 amide bonds. The highest BCUT2D eigenvalue weighted by Crippen LogP contribution is 2.58. The maximum Gasteiger partial charge on any atom is 0.310 e. The molecule has 3 aromatic rings. The molecule has 0 spiro atoms. The van der Waals surface area contributed by atoms with Gasteiger partial charge in [0, 0.05) is 16.1 Å². The largest absolute Gasteiger partial charge is 0.442 e. The highest BCUT2D eigenvalue weighted by Gasteiger charge is 2.71. The second kappa shape index (κ2) is 6.39. The van der Waals surface area contributed by atoms with Crippen molar-refractivity contribution in [1.82, 2.24) is 0 Å². The molecule has 3 aromatic carbocycles. The molecule has 0 aromatic heterocycles. The predicted octanol–water partition coefficient (Wildman–Crippen LogP) is 4.45. The predicted molar refractivity (Wildman–Crippen MR) is 110 cm³/mol. The fourth-order valence-electron chi connectivity index (χ4n) is 4.37. The Balaban J connectivity index is 1.83. The summed E-state index contributed by atoms with van der Waals surface area (Å²) in [5.41, 5.74) is -0.373. The van der Waals surface area contributed by atoms with E-state index in [9.17, 15) is 9.59 Å². The Morgan fingerprint density at radius 1 is 0.793 bits per heavy atom. The molecule has 2 aliphatic rings. The minimum Gasteiger partial charge on any atom is -0.442 e. The molecule has 29 heavy (non-hydrogen) atoms. The highest BCUT2D eigenvalue weighted by molar-refractivity contribution is 6.51. The quantitative estimate of drug-likeness (QED) is 0.609. The number of fused-ring (bicyclic) bond motifs is 1. The first-order chi connectivity index (χ1) is 14.1. The smallest absolute Gasteiger partial charge is 0.310 e. The van der Waals surface area contributed by atoms with E-state index in [-0.39, 0.29) is 12.2 Å². The molecular weight excluding hydrogens is 386 g/mol. The zero-order valence-corrected chi connectivity index (χ0v) is 16.1. The molecule has 2 heterocycles. The van der Waals surface area contributed by atoms with Crippen LogP contribution in [0.2, 0.25) is 5.02 Å². The van der Waals surface area contributed by atoms with Crippen molar-refractivity contribution in [2.75, 3.05) is 0 Å². The highest BCUT2D eigenvalue weighted by atomic mass is 35.5. The molecule has 5 heteroatoms. The molecule has 0 radical (unpaired) electrons. The molecule has 1 saturated heterocycles. The Morgan fingerprint density at radius 3 is 2.07 bits per heavy atom. The van der Waals surface area contributed by atoms with E-state index in [2.05, 4.69) is 0 Å². The summed E-state index contributed by atoms with van der Waals surface area (Å²) in [6.07, 6.45) is -0.0222. The van der Waals surface area contributed by atoms with Crippen LogP contribution in [0.5, 0.6) is 0 Å². The minimum absolute atomic E-state index is 0.0222. The van der Waals surface area contributed by atoms with Crippen LogP contribution in [0.25, 0.3) is 0 Å². The third kappa shape index (κ3) is 2.42. The van der Waals surface area contributed by atoms with E-state index in [1.807, 2.05) is 72.8 Å². The summed E-state index contributed by atoms with van der Waals surface area (Å²) in [6, 6.07) is 25.5. The third-order valence-corrected chi connectivity index (χ3v) is 5.89. The fraction of sp³-hybridized carbons (Fsp3) is 0.125. The fourth-order valence-corrected chi connectivity index (χ4v) is 4.50. The van der Waals surface area contributed by atoms with Gasteiger partial charge in [0.15, 0.2) is 0 Å². The van der Waals surface area contributed by atoms with Crippen LogP contribution in [0, 0.1) is 0 Å². The summed E-state index contributed by atoms with van der Waals surface area (Å²) in [5.74, 6) is -0.760. The SMILES string of the molecule is O=C1CC2(c3ccc(Cl)cc3)N=C(c3ccccc3)C(=O)C2(c2ccccc2)O1. The van der Waals surface area contributed by atoms with Gasteiger partial charge >= 0.3 is 5.97 Å². The van der Waals surface area contributed by atoms with Crippen molar-refractivity contribution in [1.29, 1.82) is 0 Å². The van der Waals surface area contributed by atoms with E-state index in [0.29, 0.717) is 21.9 Å². The number of carbonyl (C=O) groups is 2. The van der Waals surface area contributed by atoms with Crippen LogP contribution < -0.4 is 0 Å². The van der Waals surface area contributed by atoms with Crippen molar-refractivity contribution in [3.63, 3.8) is 0 Å². The van der Waals surface area contributed by atoms with E-state index in [0.717, 1.165) is 5.56 Å². The summed E-state index contributed by atoms with van der Waals surface area (Å²) in [7, 11) is 0. The lowest BCUT2D eigenvalue weighted by atomic mass is 9.70. The molecule has 0 bridgehead atoms. The molecule has 142 valence electrons. The number of rotatable bonds is 3. The standard InChI is InChI=1S/C24H16ClNO3/c25-19-13-11-17(12-14-19)23-15-20(27)29-24(23,18-9-5-2-6-10-18)22(28)21(26-23)16-7-3-1-4-8-16/h1-14H,15H2. The minimum atomic E-state index is -1.54. The lowest BCUT2D eigenvalue weighted by Gasteiger charge is -2.35. The number of aliphatic imine (C=N–C) groups is 1. The summed E-state index contributed by atoms with van der Waals surface area (Å²) >= 11 is 6.09. The van der Waals surface area contributed by atoms with Crippen LogP contribution in [0.1, 0.15) is 23.1 Å². The van der Waals surface area contributed by atoms with Crippen molar-refractivity contribution >= 4 is 29.1 Å². The van der Waals surface area contributed by atoms with Crippen molar-refractivity contribution in [3.8, 4) is 0 Å². The Hall–Kier alpha value is -3.24. The van der Waals surface area contributed by atoms with E-state index in [1.165, 1.54) is 0 Å². The molecular formula is C24H16ClNO3. The zero-order chi connectivity index (χ0) is 20.1. The lowest BCUT2D eigenvalue weighted by molar-refractivity contribution is -0.157. The van der Waals surface area contributed by atoms with E-state index in [4.69, 9.17) is 21.3 Å². The van der Waals surface area contributed by atoms with Gasteiger partial charge in [0.05, 0.1) is 6.42 Å². The molecule has 0 N–H and O–H groups in total. The van der Waals surface area contributed by atoms with Gasteiger partial charge < -0.3 is 4.74 Å². The van der Waals surface area contributed by atoms with E-state index in [1.54, 1.807) is 12.1 Å². The van der Waals surface area contributed by atoms with Crippen LogP contribution in [0.4, 0.5) is 0 Å². The molecule has 4 nitrogen and oxygen atoms in total. The first-order valence-corrected chi connectivity index (χ1v) is 9.68. The van der Waals surface area contributed by atoms with E-state index < -0.39 is 17.1 Å². The molecule has 1 fully saturated rings. The average Bonchev–Trinajstić information content (AvgIpc) is 3.19. The van der Waals surface area contributed by atoms with E-state index >= 15 is 0 Å². The van der Waals surface area contributed by atoms with Gasteiger partial charge in [0.25, 0.3) is 0 Å². The number of carbonyl (C=O) groups excluding carboxylic acids is 2. The normalized spacial score (nSPS) is 25.5. The molecule has 2 unspecified atom stereocenters. The number of ether oxygens (including phenoxy) is 1. The summed E-state index contributed by atoms with van der Waals surface area (Å²) in [5, 5.41) is 0.567. The zero-order valence-electron chi connectivity index (χ0n) is 15.3. The first kappa shape index (κ1) is 17.8. The maximum absolute atomic E-state index is 13.9. The number of ketones is 1. The monoisotopic (exact) mass is 401 g/mol. The second-order valence-corrected chi connectivity index (χ2v) is 7.66. The van der Waals surface area contributed by atoms with Crippen LogP contribution in [0.3, 0.4) is 0 Å². The third-order valence-electron chi connectivity index (χ3n) is 5.64. The Bertz CT molecular complexity index is 1140. The Labute approximate surface area is 172 Å². The Morgan fingerprint density at radius 2 is 1.41 bits per heavy atom. The van der Waals surface area contributed by atoms with Crippen molar-refractivity contribution in [2.45, 2.75) is 17.6 Å². The van der Waals surface area contributed by atoms with Gasteiger partial charge in [-0.2, -0.15) is 0 Å². The number of hydrogen-bond acceptors (Lipinski definition) is 4. The number of esters is 1. The number of benzene rings is 3. The van der Waals surface area contributed by atoms with Crippen LogP contribution in [-0.2, 0) is 25.5 Å². The summed E-state index contributed by atoms with van der Waals surface area (Å²) < 4.78 is 5.87. The van der Waals surface area contributed by atoms with Gasteiger partial charge in [0.2, 0.25) is 11.4 Å². The number of nitrogens with zero attached hydrogens (tertiary/aromatic N) is 1. The molecule has 5 rings (SSSR count). The van der Waals surface area contributed by atoms with Crippen molar-refractivity contribution in [3.05, 3.63) is 107 Å². The van der Waals surface area contributed by atoms with Gasteiger partial charge in [-0.1, -0.05) is 84.4 Å². The molecule has 0 aliphatic carbocycles. The molecule has 2 aliphatic heterocycles. The Kier molecular flexibility index (Phi) is 3.93.